The molecule has 1 rings (SSSR count). The normalized spacial score (nSPS) is 10.8. The Hall–Kier alpha value is -1.70. The summed E-state index contributed by atoms with van der Waals surface area (Å²) in [5.41, 5.74) is 3.62. The Labute approximate surface area is 118 Å². The number of nitro benzene ring substituents is 1. The van der Waals surface area contributed by atoms with E-state index in [4.69, 9.17) is 10.9 Å². The maximum absolute atomic E-state index is 10.8. The molecule has 20 heavy (non-hydrogen) atoms. The van der Waals surface area contributed by atoms with Gasteiger partial charge in [-0.2, -0.15) is 0 Å². The van der Waals surface area contributed by atoms with Gasteiger partial charge in [-0.05, 0) is 44.5 Å². The second-order valence-corrected chi connectivity index (χ2v) is 4.77. The number of nitro groups is 1. The molecule has 0 fully saturated rings. The van der Waals surface area contributed by atoms with Crippen LogP contribution >= 0.6 is 0 Å². The zero-order chi connectivity index (χ0) is 15.0. The summed E-state index contributed by atoms with van der Waals surface area (Å²) in [6.45, 7) is 1.85. The molecule has 0 aliphatic heterocycles. The first kappa shape index (κ1) is 16.4. The summed E-state index contributed by atoms with van der Waals surface area (Å²) in [4.78, 5) is 12.5. The van der Waals surface area contributed by atoms with Crippen LogP contribution in [0.5, 0.6) is 0 Å². The van der Waals surface area contributed by atoms with Gasteiger partial charge >= 0.3 is 0 Å². The van der Waals surface area contributed by atoms with Crippen LogP contribution in [0.2, 0.25) is 0 Å². The lowest BCUT2D eigenvalue weighted by molar-refractivity contribution is -0.384. The second-order valence-electron chi connectivity index (χ2n) is 4.77. The molecule has 1 aromatic rings. The predicted octanol–water partition coefficient (Wildman–Crippen LogP) is 1.47. The van der Waals surface area contributed by atoms with Gasteiger partial charge in [0.1, 0.15) is 5.69 Å². The topological polar surface area (TPSA) is 105 Å². The van der Waals surface area contributed by atoms with Gasteiger partial charge in [-0.1, -0.05) is 6.07 Å². The van der Waals surface area contributed by atoms with Crippen molar-refractivity contribution in [3.05, 3.63) is 33.9 Å². The quantitative estimate of drug-likeness (QED) is 0.274. The molecule has 0 saturated heterocycles. The molecular formula is C13H22N4O3. The van der Waals surface area contributed by atoms with Gasteiger partial charge in [0, 0.05) is 19.2 Å². The summed E-state index contributed by atoms with van der Waals surface area (Å²) in [5, 5.41) is 19.5. The average molecular weight is 282 g/mol. The Bertz CT molecular complexity index is 440. The van der Waals surface area contributed by atoms with Crippen LogP contribution in [-0.4, -0.2) is 35.1 Å². The summed E-state index contributed by atoms with van der Waals surface area (Å²) in [7, 11) is 2.00. The largest absolute Gasteiger partial charge is 0.396 e. The summed E-state index contributed by atoms with van der Waals surface area (Å²) in [5.74, 6) is 5.31. The van der Waals surface area contributed by atoms with Gasteiger partial charge in [0.15, 0.2) is 0 Å². The molecule has 0 heterocycles. The Kier molecular flexibility index (Phi) is 6.92. The number of nitrogens with one attached hydrogen (secondary N) is 1. The third kappa shape index (κ3) is 5.12. The first-order chi connectivity index (χ1) is 9.58. The van der Waals surface area contributed by atoms with Crippen LogP contribution in [0.25, 0.3) is 0 Å². The van der Waals surface area contributed by atoms with Gasteiger partial charge < -0.3 is 15.4 Å². The minimum absolute atomic E-state index is 0.0261. The van der Waals surface area contributed by atoms with Crippen LogP contribution in [0.3, 0.4) is 0 Å². The fraction of sp³-hybridized carbons (Fsp3) is 0.538. The van der Waals surface area contributed by atoms with E-state index in [-0.39, 0.29) is 12.3 Å². The number of anilines is 1. The number of unbranched alkanes of at least 4 members (excludes halogenated alkanes) is 2. The smallest absolute Gasteiger partial charge is 0.293 e. The van der Waals surface area contributed by atoms with E-state index in [1.165, 1.54) is 6.07 Å². The summed E-state index contributed by atoms with van der Waals surface area (Å²) < 4.78 is 0. The maximum atomic E-state index is 10.8. The van der Waals surface area contributed by atoms with Gasteiger partial charge in [0.2, 0.25) is 0 Å². The van der Waals surface area contributed by atoms with E-state index in [2.05, 4.69) is 10.3 Å². The number of aliphatic hydroxyl groups is 1. The highest BCUT2D eigenvalue weighted by Crippen LogP contribution is 2.24. The van der Waals surface area contributed by atoms with Gasteiger partial charge in [0.25, 0.3) is 5.69 Å². The van der Waals surface area contributed by atoms with Crippen molar-refractivity contribution >= 4 is 11.4 Å². The minimum atomic E-state index is -0.461. The first-order valence-electron chi connectivity index (χ1n) is 6.61. The number of hydrazine groups is 1. The van der Waals surface area contributed by atoms with E-state index in [0.717, 1.165) is 31.4 Å². The number of nitrogen functional groups attached to an aromatic ring is 1. The highest BCUT2D eigenvalue weighted by Gasteiger charge is 2.13. The van der Waals surface area contributed by atoms with Crippen molar-refractivity contribution < 1.29 is 10.0 Å². The third-order valence-electron chi connectivity index (χ3n) is 3.06. The fourth-order valence-corrected chi connectivity index (χ4v) is 2.02. The average Bonchev–Trinajstić information content (AvgIpc) is 2.43. The van der Waals surface area contributed by atoms with E-state index < -0.39 is 4.92 Å². The fourth-order valence-electron chi connectivity index (χ4n) is 2.02. The van der Waals surface area contributed by atoms with Crippen molar-refractivity contribution in [1.82, 2.24) is 4.90 Å². The lowest BCUT2D eigenvalue weighted by atomic mass is 10.1. The molecule has 112 valence electrons. The number of hydrogen-bond acceptors (Lipinski definition) is 6. The number of nitrogens with two attached hydrogens (primary N) is 1. The molecule has 0 radical (unpaired) electrons. The van der Waals surface area contributed by atoms with E-state index in [9.17, 15) is 10.1 Å². The van der Waals surface area contributed by atoms with E-state index in [0.29, 0.717) is 12.2 Å². The molecule has 0 aromatic heterocycles. The summed E-state index contributed by atoms with van der Waals surface area (Å²) in [6, 6.07) is 4.90. The van der Waals surface area contributed by atoms with Crippen molar-refractivity contribution in [2.75, 3.05) is 25.6 Å². The Balaban J connectivity index is 2.57. The number of rotatable bonds is 9. The maximum Gasteiger partial charge on any atom is 0.293 e. The number of nitrogens with zero attached hydrogens (tertiary/aromatic N) is 2. The molecule has 7 nitrogen and oxygen atoms in total. The molecule has 1 aromatic carbocycles. The van der Waals surface area contributed by atoms with Crippen LogP contribution in [0, 0.1) is 10.1 Å². The predicted molar refractivity (Wildman–Crippen MR) is 78.2 cm³/mol. The summed E-state index contributed by atoms with van der Waals surface area (Å²) >= 11 is 0. The van der Waals surface area contributed by atoms with Crippen molar-refractivity contribution in [3.8, 4) is 0 Å². The molecular weight excluding hydrogens is 260 g/mol. The van der Waals surface area contributed by atoms with Crippen molar-refractivity contribution in [3.63, 3.8) is 0 Å². The van der Waals surface area contributed by atoms with Crippen LogP contribution in [0.4, 0.5) is 11.4 Å². The van der Waals surface area contributed by atoms with Crippen LogP contribution in [-0.2, 0) is 6.54 Å². The standard InChI is InChI=1S/C13H22N4O3/c1-16(7-3-2-4-8-18)10-11-5-6-13(17(19)20)12(9-11)15-14/h5-6,9,15,18H,2-4,7-8,10,14H2,1H3. The highest BCUT2D eigenvalue weighted by molar-refractivity contribution is 5.62. The van der Waals surface area contributed by atoms with Crippen molar-refractivity contribution in [1.29, 1.82) is 0 Å². The Morgan fingerprint density at radius 3 is 2.75 bits per heavy atom. The molecule has 0 aliphatic carbocycles. The van der Waals surface area contributed by atoms with E-state index >= 15 is 0 Å². The third-order valence-corrected chi connectivity index (χ3v) is 3.06. The Morgan fingerprint density at radius 1 is 1.40 bits per heavy atom. The van der Waals surface area contributed by atoms with Crippen molar-refractivity contribution in [2.45, 2.75) is 25.8 Å². The minimum Gasteiger partial charge on any atom is -0.396 e. The highest BCUT2D eigenvalue weighted by atomic mass is 16.6. The van der Waals surface area contributed by atoms with Gasteiger partial charge in [-0.25, -0.2) is 0 Å². The van der Waals surface area contributed by atoms with E-state index in [1.54, 1.807) is 12.1 Å². The lowest BCUT2D eigenvalue weighted by Crippen LogP contribution is -2.19. The van der Waals surface area contributed by atoms with Gasteiger partial charge in [-0.3, -0.25) is 16.0 Å². The molecule has 7 heteroatoms. The molecule has 0 spiro atoms. The number of aliphatic hydroxyl groups excluding tert-OH is 1. The first-order valence-corrected chi connectivity index (χ1v) is 6.61. The molecule has 0 amide bonds. The van der Waals surface area contributed by atoms with Crippen LogP contribution < -0.4 is 11.3 Å². The zero-order valence-corrected chi connectivity index (χ0v) is 11.7. The Morgan fingerprint density at radius 2 is 2.15 bits per heavy atom. The van der Waals surface area contributed by atoms with Crippen molar-refractivity contribution in [2.24, 2.45) is 5.84 Å². The zero-order valence-electron chi connectivity index (χ0n) is 11.7. The summed E-state index contributed by atoms with van der Waals surface area (Å²) in [6.07, 6.45) is 2.84. The van der Waals surface area contributed by atoms with Gasteiger partial charge in [-0.15, -0.1) is 0 Å². The van der Waals surface area contributed by atoms with E-state index in [1.807, 2.05) is 7.05 Å². The number of hydrogen-bond donors (Lipinski definition) is 3. The monoisotopic (exact) mass is 282 g/mol. The molecule has 0 atom stereocenters. The molecule has 0 saturated carbocycles. The van der Waals surface area contributed by atoms with Gasteiger partial charge in [0.05, 0.1) is 4.92 Å². The van der Waals surface area contributed by atoms with Crippen LogP contribution in [0.1, 0.15) is 24.8 Å². The SMILES string of the molecule is CN(CCCCCO)Cc1ccc([N+](=O)[O-])c(NN)c1. The van der Waals surface area contributed by atoms with Crippen LogP contribution in [0.15, 0.2) is 18.2 Å². The number of benzene rings is 1. The second kappa shape index (κ2) is 8.47. The molecule has 0 unspecified atom stereocenters. The molecule has 4 N–H and O–H groups in total. The molecule has 0 bridgehead atoms. The molecule has 0 aliphatic rings. The lowest BCUT2D eigenvalue weighted by Gasteiger charge is -2.17.